The minimum Gasteiger partial charge on any atom is -0.393 e. The lowest BCUT2D eigenvalue weighted by atomic mass is 9.92. The molecule has 0 atom stereocenters. The topological polar surface area (TPSA) is 29.1 Å². The molecule has 0 aliphatic carbocycles. The minimum absolute atomic E-state index is 0.219. The van der Waals surface area contributed by atoms with Gasteiger partial charge in [0, 0.05) is 24.4 Å². The predicted octanol–water partition coefficient (Wildman–Crippen LogP) is 4.94. The molecule has 0 aliphatic heterocycles. The first-order valence-electron chi connectivity index (χ1n) is 7.70. The number of hydrogen-bond acceptors (Lipinski definition) is 2. The van der Waals surface area contributed by atoms with Gasteiger partial charge in [0.05, 0.1) is 5.56 Å². The van der Waals surface area contributed by atoms with Crippen molar-refractivity contribution in [2.45, 2.75) is 13.1 Å². The summed E-state index contributed by atoms with van der Waals surface area (Å²) in [6.45, 7) is 1.63. The maximum atomic E-state index is 13.0. The average Bonchev–Trinajstić information content (AvgIpc) is 2.60. The number of carbonyl (C=O) groups excluding carboxylic acids is 1. The highest BCUT2D eigenvalue weighted by Crippen LogP contribution is 2.32. The molecule has 0 spiro atoms. The van der Waals surface area contributed by atoms with Gasteiger partial charge in [0.15, 0.2) is 5.78 Å². The third-order valence-electron chi connectivity index (χ3n) is 3.65. The van der Waals surface area contributed by atoms with Crippen molar-refractivity contribution in [3.63, 3.8) is 0 Å². The fourth-order valence-corrected chi connectivity index (χ4v) is 2.48. The molecule has 0 heterocycles. The molecule has 0 radical (unpaired) electrons. The lowest BCUT2D eigenvalue weighted by Gasteiger charge is -2.13. The molecule has 25 heavy (non-hydrogen) atoms. The van der Waals surface area contributed by atoms with E-state index in [-0.39, 0.29) is 16.9 Å². The van der Waals surface area contributed by atoms with Gasteiger partial charge in [-0.1, -0.05) is 48.5 Å². The van der Waals surface area contributed by atoms with Gasteiger partial charge in [-0.15, -0.1) is 0 Å². The molecular formula is C20H18F3NO. The largest absolute Gasteiger partial charge is 0.416 e. The van der Waals surface area contributed by atoms with E-state index in [1.807, 2.05) is 6.07 Å². The van der Waals surface area contributed by atoms with Crippen LogP contribution in [0.25, 0.3) is 11.1 Å². The summed E-state index contributed by atoms with van der Waals surface area (Å²) in [5, 5.41) is 2.82. The molecule has 2 aromatic carbocycles. The second kappa shape index (κ2) is 7.83. The summed E-state index contributed by atoms with van der Waals surface area (Å²) in [6.07, 6.45) is -1.37. The van der Waals surface area contributed by atoms with Crippen LogP contribution in [0.5, 0.6) is 0 Å². The van der Waals surface area contributed by atoms with Gasteiger partial charge in [0.2, 0.25) is 0 Å². The van der Waals surface area contributed by atoms with Crippen LogP contribution in [0.2, 0.25) is 0 Å². The number of carbonyl (C=O) groups is 1. The normalized spacial score (nSPS) is 12.8. The van der Waals surface area contributed by atoms with Crippen LogP contribution in [0.4, 0.5) is 13.2 Å². The summed E-state index contributed by atoms with van der Waals surface area (Å²) < 4.78 is 38.9. The van der Waals surface area contributed by atoms with Crippen LogP contribution in [-0.4, -0.2) is 12.8 Å². The zero-order valence-electron chi connectivity index (χ0n) is 13.9. The van der Waals surface area contributed by atoms with E-state index in [0.29, 0.717) is 11.1 Å². The van der Waals surface area contributed by atoms with Crippen molar-refractivity contribution in [2.24, 2.45) is 0 Å². The van der Waals surface area contributed by atoms with Crippen molar-refractivity contribution in [1.29, 1.82) is 0 Å². The predicted molar refractivity (Wildman–Crippen MR) is 93.6 cm³/mol. The molecule has 5 heteroatoms. The first-order valence-corrected chi connectivity index (χ1v) is 7.70. The Morgan fingerprint density at radius 2 is 1.60 bits per heavy atom. The Balaban J connectivity index is 2.47. The second-order valence-corrected chi connectivity index (χ2v) is 5.32. The van der Waals surface area contributed by atoms with E-state index in [1.165, 1.54) is 18.2 Å². The lowest BCUT2D eigenvalue weighted by Crippen LogP contribution is -2.10. The van der Waals surface area contributed by atoms with E-state index < -0.39 is 11.7 Å². The summed E-state index contributed by atoms with van der Waals surface area (Å²) in [6, 6.07) is 13.8. The Hall–Kier alpha value is -2.82. The van der Waals surface area contributed by atoms with Crippen LogP contribution in [0.3, 0.4) is 0 Å². The third-order valence-corrected chi connectivity index (χ3v) is 3.65. The average molecular weight is 345 g/mol. The SMILES string of the molecule is C/C=C(\C(=O)/C(=C\NC)c1ccccc1)c1cccc(C(F)(F)F)c1. The quantitative estimate of drug-likeness (QED) is 0.778. The zero-order chi connectivity index (χ0) is 18.4. The lowest BCUT2D eigenvalue weighted by molar-refractivity contribution is -0.137. The van der Waals surface area contributed by atoms with Gasteiger partial charge in [0.25, 0.3) is 0 Å². The van der Waals surface area contributed by atoms with E-state index in [1.54, 1.807) is 44.4 Å². The van der Waals surface area contributed by atoms with E-state index >= 15 is 0 Å². The van der Waals surface area contributed by atoms with Gasteiger partial charge in [0.1, 0.15) is 0 Å². The molecule has 130 valence electrons. The monoisotopic (exact) mass is 345 g/mol. The van der Waals surface area contributed by atoms with Crippen LogP contribution in [0, 0.1) is 0 Å². The molecule has 2 nitrogen and oxygen atoms in total. The fourth-order valence-electron chi connectivity index (χ4n) is 2.48. The van der Waals surface area contributed by atoms with Crippen molar-refractivity contribution in [1.82, 2.24) is 5.32 Å². The number of alkyl halides is 3. The number of ketones is 1. The van der Waals surface area contributed by atoms with Crippen LogP contribution >= 0.6 is 0 Å². The van der Waals surface area contributed by atoms with E-state index in [0.717, 1.165) is 12.1 Å². The Kier molecular flexibility index (Phi) is 5.80. The number of halogens is 3. The van der Waals surface area contributed by atoms with Crippen molar-refractivity contribution >= 4 is 16.9 Å². The Labute approximate surface area is 144 Å². The van der Waals surface area contributed by atoms with Crippen LogP contribution in [0.1, 0.15) is 23.6 Å². The summed E-state index contributed by atoms with van der Waals surface area (Å²) in [7, 11) is 1.66. The van der Waals surface area contributed by atoms with Crippen LogP contribution in [0.15, 0.2) is 66.9 Å². The van der Waals surface area contributed by atoms with Crippen molar-refractivity contribution in [3.8, 4) is 0 Å². The van der Waals surface area contributed by atoms with Crippen molar-refractivity contribution < 1.29 is 18.0 Å². The summed E-state index contributed by atoms with van der Waals surface area (Å²) >= 11 is 0. The number of rotatable bonds is 5. The molecule has 0 unspecified atom stereocenters. The molecule has 0 bridgehead atoms. The summed E-state index contributed by atoms with van der Waals surface area (Å²) in [5.74, 6) is -0.345. The Morgan fingerprint density at radius 3 is 2.16 bits per heavy atom. The molecule has 0 aliphatic rings. The van der Waals surface area contributed by atoms with Gasteiger partial charge in [-0.2, -0.15) is 13.2 Å². The highest BCUT2D eigenvalue weighted by atomic mass is 19.4. The standard InChI is InChI=1S/C20H18F3NO/c1-3-17(15-10-7-11-16(12-15)20(21,22)23)19(25)18(13-24-2)14-8-5-4-6-9-14/h3-13,24H,1-2H3/b17-3-,18-13-. The van der Waals surface area contributed by atoms with Crippen LogP contribution in [-0.2, 0) is 11.0 Å². The molecule has 0 saturated heterocycles. The molecule has 0 amide bonds. The third kappa shape index (κ3) is 4.38. The van der Waals surface area contributed by atoms with Gasteiger partial charge in [-0.3, -0.25) is 4.79 Å². The molecule has 1 N–H and O–H groups in total. The van der Waals surface area contributed by atoms with E-state index in [2.05, 4.69) is 5.32 Å². The molecule has 0 fully saturated rings. The molecule has 2 rings (SSSR count). The maximum absolute atomic E-state index is 13.0. The van der Waals surface area contributed by atoms with Gasteiger partial charge >= 0.3 is 6.18 Å². The zero-order valence-corrected chi connectivity index (χ0v) is 13.9. The Bertz CT molecular complexity index is 805. The number of hydrogen-bond donors (Lipinski definition) is 1. The van der Waals surface area contributed by atoms with Crippen LogP contribution < -0.4 is 5.32 Å². The summed E-state index contributed by atoms with van der Waals surface area (Å²) in [4.78, 5) is 13.0. The van der Waals surface area contributed by atoms with Crippen molar-refractivity contribution in [2.75, 3.05) is 7.05 Å². The van der Waals surface area contributed by atoms with Gasteiger partial charge in [-0.25, -0.2) is 0 Å². The number of allylic oxidation sites excluding steroid dienone is 3. The molecule has 0 aromatic heterocycles. The highest BCUT2D eigenvalue weighted by Gasteiger charge is 2.31. The first kappa shape index (κ1) is 18.5. The van der Waals surface area contributed by atoms with Crippen molar-refractivity contribution in [3.05, 3.63) is 83.6 Å². The smallest absolute Gasteiger partial charge is 0.393 e. The summed E-state index contributed by atoms with van der Waals surface area (Å²) in [5.41, 5.74) is 0.745. The maximum Gasteiger partial charge on any atom is 0.416 e. The van der Waals surface area contributed by atoms with Gasteiger partial charge < -0.3 is 5.32 Å². The van der Waals surface area contributed by atoms with E-state index in [9.17, 15) is 18.0 Å². The number of Topliss-reactive ketones (excluding diaryl/α,β-unsaturated/α-hetero) is 1. The Morgan fingerprint density at radius 1 is 0.960 bits per heavy atom. The number of benzene rings is 2. The molecule has 2 aromatic rings. The number of nitrogens with one attached hydrogen (secondary N) is 1. The molecular weight excluding hydrogens is 327 g/mol. The van der Waals surface area contributed by atoms with Gasteiger partial charge in [-0.05, 0) is 30.2 Å². The van der Waals surface area contributed by atoms with E-state index in [4.69, 9.17) is 0 Å². The minimum atomic E-state index is -4.46. The first-order chi connectivity index (χ1) is 11.9. The fraction of sp³-hybridized carbons (Fsp3) is 0.150. The second-order valence-electron chi connectivity index (χ2n) is 5.32. The highest BCUT2D eigenvalue weighted by molar-refractivity contribution is 6.42. The molecule has 0 saturated carbocycles.